The zero-order valence-electron chi connectivity index (χ0n) is 10.5. The fourth-order valence-electron chi connectivity index (χ4n) is 2.14. The molecule has 0 bridgehead atoms. The van der Waals surface area contributed by atoms with Crippen LogP contribution < -0.4 is 0 Å². The van der Waals surface area contributed by atoms with Crippen LogP contribution in [0.3, 0.4) is 0 Å². The van der Waals surface area contributed by atoms with Crippen molar-refractivity contribution in [2.75, 3.05) is 6.61 Å². The van der Waals surface area contributed by atoms with Crippen molar-refractivity contribution >= 4 is 12.0 Å². The Morgan fingerprint density at radius 1 is 1.39 bits per heavy atom. The van der Waals surface area contributed by atoms with Gasteiger partial charge < -0.3 is 4.74 Å². The smallest absolute Gasteiger partial charge is 0.416 e. The lowest BCUT2D eigenvalue weighted by Gasteiger charge is -2.19. The third kappa shape index (κ3) is 2.70. The summed E-state index contributed by atoms with van der Waals surface area (Å²) in [5, 5.41) is 0. The molecular weight excluding hydrogens is 230 g/mol. The van der Waals surface area contributed by atoms with Gasteiger partial charge in [0.2, 0.25) is 5.91 Å². The van der Waals surface area contributed by atoms with Crippen LogP contribution in [0.15, 0.2) is 30.3 Å². The molecule has 18 heavy (non-hydrogen) atoms. The molecule has 1 aromatic carbocycles. The summed E-state index contributed by atoms with van der Waals surface area (Å²) in [5.74, 6) is -0.138. The molecule has 2 rings (SSSR count). The predicted octanol–water partition coefficient (Wildman–Crippen LogP) is 2.38. The number of ether oxygens (including phenoxy) is 1. The lowest BCUT2D eigenvalue weighted by molar-refractivity contribution is -0.129. The average Bonchev–Trinajstić information content (AvgIpc) is 2.72. The Morgan fingerprint density at radius 3 is 2.78 bits per heavy atom. The van der Waals surface area contributed by atoms with Gasteiger partial charge in [-0.3, -0.25) is 4.79 Å². The first-order valence-corrected chi connectivity index (χ1v) is 6.25. The molecule has 0 spiro atoms. The molecule has 2 amide bonds. The van der Waals surface area contributed by atoms with E-state index in [1.54, 1.807) is 0 Å². The molecule has 0 aliphatic carbocycles. The average molecular weight is 247 g/mol. The van der Waals surface area contributed by atoms with Crippen LogP contribution in [-0.2, 0) is 16.0 Å². The molecule has 1 aromatic rings. The van der Waals surface area contributed by atoms with Gasteiger partial charge >= 0.3 is 6.09 Å². The summed E-state index contributed by atoms with van der Waals surface area (Å²) < 4.78 is 4.98. The van der Waals surface area contributed by atoms with E-state index in [2.05, 4.69) is 0 Å². The Labute approximate surface area is 107 Å². The fourth-order valence-corrected chi connectivity index (χ4v) is 2.14. The van der Waals surface area contributed by atoms with Crippen molar-refractivity contribution in [2.24, 2.45) is 0 Å². The van der Waals surface area contributed by atoms with Crippen molar-refractivity contribution in [1.29, 1.82) is 0 Å². The number of rotatable bonds is 4. The fraction of sp³-hybridized carbons (Fsp3) is 0.429. The highest BCUT2D eigenvalue weighted by molar-refractivity contribution is 5.93. The van der Waals surface area contributed by atoms with Gasteiger partial charge in [-0.1, -0.05) is 37.3 Å². The summed E-state index contributed by atoms with van der Waals surface area (Å²) >= 11 is 0. The molecule has 1 fully saturated rings. The first kappa shape index (κ1) is 12.6. The highest BCUT2D eigenvalue weighted by Crippen LogP contribution is 2.18. The van der Waals surface area contributed by atoms with E-state index in [0.717, 1.165) is 12.0 Å². The van der Waals surface area contributed by atoms with Crippen LogP contribution in [0.5, 0.6) is 0 Å². The molecule has 1 atom stereocenters. The third-order valence-electron chi connectivity index (χ3n) is 3.01. The zero-order chi connectivity index (χ0) is 13.0. The minimum atomic E-state index is -0.505. The lowest BCUT2D eigenvalue weighted by Crippen LogP contribution is -2.40. The van der Waals surface area contributed by atoms with Crippen molar-refractivity contribution in [2.45, 2.75) is 32.2 Å². The van der Waals surface area contributed by atoms with Crippen LogP contribution >= 0.6 is 0 Å². The number of benzene rings is 1. The maximum atomic E-state index is 11.9. The molecule has 1 heterocycles. The molecule has 4 nitrogen and oxygen atoms in total. The van der Waals surface area contributed by atoms with Gasteiger partial charge in [-0.25, -0.2) is 9.69 Å². The second-order valence-corrected chi connectivity index (χ2v) is 4.43. The van der Waals surface area contributed by atoms with Gasteiger partial charge in [0.15, 0.2) is 0 Å². The number of carbonyl (C=O) groups excluding carboxylic acids is 2. The highest BCUT2D eigenvalue weighted by atomic mass is 16.6. The second-order valence-electron chi connectivity index (χ2n) is 4.43. The van der Waals surface area contributed by atoms with E-state index in [9.17, 15) is 9.59 Å². The van der Waals surface area contributed by atoms with E-state index in [1.807, 2.05) is 37.3 Å². The monoisotopic (exact) mass is 247 g/mol. The first-order valence-electron chi connectivity index (χ1n) is 6.25. The van der Waals surface area contributed by atoms with Gasteiger partial charge in [-0.15, -0.1) is 0 Å². The number of hydrogen-bond donors (Lipinski definition) is 0. The molecule has 0 aromatic heterocycles. The minimum absolute atomic E-state index is 0.138. The molecule has 4 heteroatoms. The Hall–Kier alpha value is -1.84. The Balaban J connectivity index is 2.07. The van der Waals surface area contributed by atoms with Crippen molar-refractivity contribution < 1.29 is 14.3 Å². The largest absolute Gasteiger partial charge is 0.447 e. The number of hydrogen-bond acceptors (Lipinski definition) is 3. The SMILES string of the molecule is CCCC(=O)N1C(=O)OCC1Cc1ccccc1. The van der Waals surface area contributed by atoms with Crippen molar-refractivity contribution in [3.63, 3.8) is 0 Å². The van der Waals surface area contributed by atoms with Crippen molar-refractivity contribution in [3.05, 3.63) is 35.9 Å². The molecule has 96 valence electrons. The summed E-state index contributed by atoms with van der Waals surface area (Å²) in [6.45, 7) is 2.22. The van der Waals surface area contributed by atoms with E-state index in [0.29, 0.717) is 19.4 Å². The molecule has 1 saturated heterocycles. The molecule has 0 radical (unpaired) electrons. The van der Waals surface area contributed by atoms with Gasteiger partial charge in [0, 0.05) is 6.42 Å². The molecule has 0 N–H and O–H groups in total. The van der Waals surface area contributed by atoms with Gasteiger partial charge in [0.05, 0.1) is 6.04 Å². The van der Waals surface area contributed by atoms with E-state index in [-0.39, 0.29) is 11.9 Å². The summed E-state index contributed by atoms with van der Waals surface area (Å²) in [7, 11) is 0. The van der Waals surface area contributed by atoms with E-state index in [1.165, 1.54) is 4.90 Å². The van der Waals surface area contributed by atoms with Crippen molar-refractivity contribution in [1.82, 2.24) is 4.90 Å². The van der Waals surface area contributed by atoms with Crippen LogP contribution in [0.4, 0.5) is 4.79 Å². The van der Waals surface area contributed by atoms with Crippen LogP contribution in [0, 0.1) is 0 Å². The Kier molecular flexibility index (Phi) is 3.97. The molecule has 1 aliphatic heterocycles. The summed E-state index contributed by atoms with van der Waals surface area (Å²) in [5.41, 5.74) is 1.11. The van der Waals surface area contributed by atoms with Crippen LogP contribution in [0.1, 0.15) is 25.3 Å². The Bertz CT molecular complexity index is 430. The maximum Gasteiger partial charge on any atom is 0.416 e. The second kappa shape index (κ2) is 5.67. The standard InChI is InChI=1S/C14H17NO3/c1-2-6-13(16)15-12(10-18-14(15)17)9-11-7-4-3-5-8-11/h3-5,7-8,12H,2,6,9-10H2,1H3. The predicted molar refractivity (Wildman–Crippen MR) is 67.0 cm³/mol. The molecular formula is C14H17NO3. The number of amides is 2. The highest BCUT2D eigenvalue weighted by Gasteiger charge is 2.37. The van der Waals surface area contributed by atoms with Crippen molar-refractivity contribution in [3.8, 4) is 0 Å². The van der Waals surface area contributed by atoms with Crippen LogP contribution in [0.2, 0.25) is 0 Å². The summed E-state index contributed by atoms with van der Waals surface area (Å²) in [4.78, 5) is 24.7. The number of cyclic esters (lactones) is 1. The molecule has 0 saturated carbocycles. The maximum absolute atomic E-state index is 11.9. The van der Waals surface area contributed by atoms with Gasteiger partial charge in [0.1, 0.15) is 6.61 Å². The van der Waals surface area contributed by atoms with Crippen LogP contribution in [-0.4, -0.2) is 29.5 Å². The number of carbonyl (C=O) groups is 2. The lowest BCUT2D eigenvalue weighted by atomic mass is 10.1. The van der Waals surface area contributed by atoms with E-state index >= 15 is 0 Å². The normalized spacial score (nSPS) is 18.8. The summed E-state index contributed by atoms with van der Waals surface area (Å²) in [6.07, 6.45) is 1.28. The molecule has 1 unspecified atom stereocenters. The van der Waals surface area contributed by atoms with Gasteiger partial charge in [0.25, 0.3) is 0 Å². The van der Waals surface area contributed by atoms with E-state index in [4.69, 9.17) is 4.74 Å². The minimum Gasteiger partial charge on any atom is -0.447 e. The Morgan fingerprint density at radius 2 is 2.11 bits per heavy atom. The van der Waals surface area contributed by atoms with Gasteiger partial charge in [-0.2, -0.15) is 0 Å². The number of nitrogens with zero attached hydrogens (tertiary/aromatic N) is 1. The summed E-state index contributed by atoms with van der Waals surface area (Å²) in [6, 6.07) is 9.66. The van der Waals surface area contributed by atoms with Crippen LogP contribution in [0.25, 0.3) is 0 Å². The number of imide groups is 1. The molecule has 1 aliphatic rings. The van der Waals surface area contributed by atoms with Gasteiger partial charge in [-0.05, 0) is 18.4 Å². The quantitative estimate of drug-likeness (QED) is 0.820. The van der Waals surface area contributed by atoms with E-state index < -0.39 is 6.09 Å². The zero-order valence-corrected chi connectivity index (χ0v) is 10.5. The third-order valence-corrected chi connectivity index (χ3v) is 3.01. The topological polar surface area (TPSA) is 46.6 Å². The first-order chi connectivity index (χ1) is 8.72.